The van der Waals surface area contributed by atoms with E-state index in [0.29, 0.717) is 30.0 Å². The molecule has 3 heterocycles. The molecule has 0 saturated carbocycles. The molecule has 0 saturated heterocycles. The fraction of sp³-hybridized carbons (Fsp3) is 0.0690. The molecule has 0 unspecified atom stereocenters. The van der Waals surface area contributed by atoms with Crippen LogP contribution in [0.4, 0.5) is 10.1 Å². The molecule has 1 amide bonds. The summed E-state index contributed by atoms with van der Waals surface area (Å²) in [5.74, 6) is -1.85. The van der Waals surface area contributed by atoms with Crippen LogP contribution in [0.1, 0.15) is 27.2 Å². The number of ether oxygens (including phenoxy) is 1. The van der Waals surface area contributed by atoms with Gasteiger partial charge in [0.1, 0.15) is 18.2 Å². The van der Waals surface area contributed by atoms with E-state index < -0.39 is 11.7 Å². The molecule has 5 rings (SSSR count). The molecule has 0 radical (unpaired) electrons. The third kappa shape index (κ3) is 5.24. The van der Waals surface area contributed by atoms with E-state index in [4.69, 9.17) is 4.74 Å². The Balaban J connectivity index is 1.50. The Bertz CT molecular complexity index is 1550. The maximum Gasteiger partial charge on any atom is 0.323 e. The van der Waals surface area contributed by atoms with Gasteiger partial charge in [0.25, 0.3) is 5.78 Å². The van der Waals surface area contributed by atoms with Gasteiger partial charge < -0.3 is 9.14 Å². The molecule has 0 spiro atoms. The number of hydroxylamine groups is 1. The van der Waals surface area contributed by atoms with E-state index in [9.17, 15) is 19.2 Å². The molecule has 0 aliphatic carbocycles. The molecule has 7 nitrogen and oxygen atoms in total. The van der Waals surface area contributed by atoms with Crippen LogP contribution in [0.15, 0.2) is 104 Å². The molecule has 0 aliphatic heterocycles. The van der Waals surface area contributed by atoms with Crippen molar-refractivity contribution in [1.82, 2.24) is 9.38 Å². The first-order chi connectivity index (χ1) is 18.0. The topological polar surface area (TPSA) is 84.1 Å². The van der Waals surface area contributed by atoms with Gasteiger partial charge in [-0.3, -0.25) is 19.8 Å². The average molecular weight is 496 g/mol. The highest BCUT2D eigenvalue weighted by atomic mass is 19.1. The number of halogens is 1. The summed E-state index contributed by atoms with van der Waals surface area (Å²) in [4.78, 5) is 30.1. The van der Waals surface area contributed by atoms with Gasteiger partial charge in [0.15, 0.2) is 0 Å². The largest absolute Gasteiger partial charge is 0.489 e. The number of fused-ring (bicyclic) bond motifs is 1. The molecule has 184 valence electrons. The number of nitrogens with zero attached hydrogens (tertiary/aromatic N) is 3. The number of hydrogen-bond acceptors (Lipinski definition) is 5. The number of carbonyl (C=O) groups is 2. The molecule has 0 aliphatic rings. The fourth-order valence-electron chi connectivity index (χ4n) is 4.02. The highest BCUT2D eigenvalue weighted by molar-refractivity contribution is 6.47. The number of hydrogen-bond donors (Lipinski definition) is 1. The number of pyridine rings is 2. The van der Waals surface area contributed by atoms with Crippen molar-refractivity contribution in [2.45, 2.75) is 13.0 Å². The minimum Gasteiger partial charge on any atom is -0.489 e. The van der Waals surface area contributed by atoms with Crippen molar-refractivity contribution in [2.75, 3.05) is 5.06 Å². The Morgan fingerprint density at radius 1 is 0.946 bits per heavy atom. The maximum absolute atomic E-state index is 13.4. The minimum atomic E-state index is -1.12. The predicted octanol–water partition coefficient (Wildman–Crippen LogP) is 5.25. The number of benzene rings is 2. The lowest BCUT2D eigenvalue weighted by Crippen LogP contribution is -2.33. The van der Waals surface area contributed by atoms with Crippen molar-refractivity contribution < 1.29 is 23.9 Å². The number of carbonyl (C=O) groups excluding carboxylic acids is 2. The van der Waals surface area contributed by atoms with E-state index in [1.165, 1.54) is 30.6 Å². The number of anilines is 1. The maximum atomic E-state index is 13.4. The van der Waals surface area contributed by atoms with Crippen molar-refractivity contribution in [3.8, 4) is 5.75 Å². The third-order valence-electron chi connectivity index (χ3n) is 5.89. The van der Waals surface area contributed by atoms with Crippen LogP contribution in [0.2, 0.25) is 0 Å². The molecule has 3 aromatic heterocycles. The Labute approximate surface area is 212 Å². The first-order valence-corrected chi connectivity index (χ1v) is 11.5. The van der Waals surface area contributed by atoms with Gasteiger partial charge in [-0.2, -0.15) is 5.06 Å². The number of aromatic nitrogens is 2. The zero-order chi connectivity index (χ0) is 25.8. The van der Waals surface area contributed by atoms with Crippen molar-refractivity contribution in [3.63, 3.8) is 0 Å². The number of Topliss-reactive ketones (excluding diaryl/α,β-unsaturated/α-hetero) is 1. The second-order valence-electron chi connectivity index (χ2n) is 8.40. The second-order valence-corrected chi connectivity index (χ2v) is 8.40. The second kappa shape index (κ2) is 10.4. The van der Waals surface area contributed by atoms with E-state index in [0.717, 1.165) is 11.1 Å². The molecule has 0 fully saturated rings. The van der Waals surface area contributed by atoms with Gasteiger partial charge in [-0.05, 0) is 47.5 Å². The van der Waals surface area contributed by atoms with Crippen LogP contribution in [0.3, 0.4) is 0 Å². The van der Waals surface area contributed by atoms with Crippen molar-refractivity contribution >= 4 is 22.9 Å². The van der Waals surface area contributed by atoms with Gasteiger partial charge in [0, 0.05) is 30.6 Å². The van der Waals surface area contributed by atoms with E-state index in [1.807, 2.05) is 30.3 Å². The van der Waals surface area contributed by atoms with Crippen molar-refractivity contribution in [2.24, 2.45) is 0 Å². The fourth-order valence-corrected chi connectivity index (χ4v) is 4.02. The summed E-state index contributed by atoms with van der Waals surface area (Å²) in [6.07, 6.45) is 4.91. The monoisotopic (exact) mass is 495 g/mol. The van der Waals surface area contributed by atoms with Crippen LogP contribution in [-0.4, -0.2) is 26.3 Å². The summed E-state index contributed by atoms with van der Waals surface area (Å²) in [5.41, 5.74) is 3.14. The summed E-state index contributed by atoms with van der Waals surface area (Å²) in [5, 5.41) is 10.7. The van der Waals surface area contributed by atoms with E-state index in [-0.39, 0.29) is 22.1 Å². The van der Waals surface area contributed by atoms with Gasteiger partial charge >= 0.3 is 5.91 Å². The number of rotatable bonds is 8. The van der Waals surface area contributed by atoms with Crippen LogP contribution >= 0.6 is 0 Å². The lowest BCUT2D eigenvalue weighted by atomic mass is 10.1. The van der Waals surface area contributed by atoms with Crippen LogP contribution in [0, 0.1) is 5.82 Å². The van der Waals surface area contributed by atoms with Gasteiger partial charge in [-0.15, -0.1) is 0 Å². The summed E-state index contributed by atoms with van der Waals surface area (Å²) < 4.78 is 21.1. The summed E-state index contributed by atoms with van der Waals surface area (Å²) in [7, 11) is 0. The normalized spacial score (nSPS) is 10.9. The predicted molar refractivity (Wildman–Crippen MR) is 135 cm³/mol. The lowest BCUT2D eigenvalue weighted by molar-refractivity contribution is -0.119. The summed E-state index contributed by atoms with van der Waals surface area (Å²) in [6.45, 7) is 0.327. The first kappa shape index (κ1) is 23.9. The van der Waals surface area contributed by atoms with Gasteiger partial charge in [-0.25, -0.2) is 4.39 Å². The molecule has 37 heavy (non-hydrogen) atoms. The zero-order valence-electron chi connectivity index (χ0n) is 19.6. The van der Waals surface area contributed by atoms with Gasteiger partial charge in [0.2, 0.25) is 0 Å². The Hall–Kier alpha value is -4.82. The summed E-state index contributed by atoms with van der Waals surface area (Å²) in [6, 6.07) is 23.8. The first-order valence-electron chi connectivity index (χ1n) is 11.5. The molecule has 5 aromatic rings. The molecule has 0 atom stereocenters. The van der Waals surface area contributed by atoms with E-state index in [2.05, 4.69) is 4.98 Å². The standard InChI is InChI=1S/C29H22FN3O4/c30-22-10-8-20(9-11-22)15-24-16-26(28(34)29(35)33(36)23-7-4-13-31-18-23)27-17-25(12-14-32(24)27)37-19-21-5-2-1-3-6-21/h1-14,16-18,36H,15,19H2. The van der Waals surface area contributed by atoms with Crippen molar-refractivity contribution in [3.05, 3.63) is 132 Å². The molecular formula is C29H22FN3O4. The minimum absolute atomic E-state index is 0.0720. The van der Waals surface area contributed by atoms with Crippen LogP contribution in [0.5, 0.6) is 5.75 Å². The Kier molecular flexibility index (Phi) is 6.74. The molecule has 1 N–H and O–H groups in total. The quantitative estimate of drug-likeness (QED) is 0.138. The molecule has 2 aromatic carbocycles. The van der Waals surface area contributed by atoms with Gasteiger partial charge in [0.05, 0.1) is 23.0 Å². The van der Waals surface area contributed by atoms with Crippen LogP contribution in [-0.2, 0) is 17.8 Å². The molecule has 8 heteroatoms. The Morgan fingerprint density at radius 2 is 1.73 bits per heavy atom. The Morgan fingerprint density at radius 3 is 2.46 bits per heavy atom. The van der Waals surface area contributed by atoms with Crippen LogP contribution in [0.25, 0.3) is 5.52 Å². The highest BCUT2D eigenvalue weighted by Gasteiger charge is 2.27. The van der Waals surface area contributed by atoms with E-state index in [1.54, 1.807) is 47.0 Å². The number of ketones is 1. The van der Waals surface area contributed by atoms with E-state index >= 15 is 0 Å². The molecular weight excluding hydrogens is 473 g/mol. The van der Waals surface area contributed by atoms with Gasteiger partial charge in [-0.1, -0.05) is 42.5 Å². The third-order valence-corrected chi connectivity index (χ3v) is 5.89. The average Bonchev–Trinajstić information content (AvgIpc) is 3.30. The zero-order valence-corrected chi connectivity index (χ0v) is 19.6. The van der Waals surface area contributed by atoms with Crippen molar-refractivity contribution in [1.29, 1.82) is 0 Å². The summed E-state index contributed by atoms with van der Waals surface area (Å²) >= 11 is 0. The SMILES string of the molecule is O=C(C(=O)N(O)c1cccnc1)c1cc(Cc2ccc(F)cc2)n2ccc(OCc3ccccc3)cc12. The highest BCUT2D eigenvalue weighted by Crippen LogP contribution is 2.26. The smallest absolute Gasteiger partial charge is 0.323 e. The number of amides is 1. The molecule has 0 bridgehead atoms. The van der Waals surface area contributed by atoms with Crippen LogP contribution < -0.4 is 9.80 Å². The lowest BCUT2D eigenvalue weighted by Gasteiger charge is -2.13.